The average Bonchev–Trinajstić information content (AvgIpc) is 2.37. The summed E-state index contributed by atoms with van der Waals surface area (Å²) < 4.78 is 0. The third-order valence-corrected chi connectivity index (χ3v) is 3.40. The van der Waals surface area contributed by atoms with E-state index in [0.717, 1.165) is 16.2 Å². The third kappa shape index (κ3) is 2.18. The molecule has 0 aliphatic carbocycles. The van der Waals surface area contributed by atoms with Crippen LogP contribution in [-0.2, 0) is 11.2 Å². The van der Waals surface area contributed by atoms with E-state index in [1.165, 1.54) is 12.1 Å². The number of nitrogens with zero attached hydrogens (tertiary/aromatic N) is 1. The molecule has 4 nitrogen and oxygen atoms in total. The molecule has 1 aromatic carbocycles. The maximum absolute atomic E-state index is 11.3. The highest BCUT2D eigenvalue weighted by atomic mass is 32.2. The van der Waals surface area contributed by atoms with Crippen molar-refractivity contribution in [2.45, 2.75) is 17.7 Å². The van der Waals surface area contributed by atoms with Crippen LogP contribution in [-0.4, -0.2) is 16.5 Å². The van der Waals surface area contributed by atoms with Crippen LogP contribution in [0.3, 0.4) is 0 Å². The lowest BCUT2D eigenvalue weighted by atomic mass is 10.1. The zero-order valence-corrected chi connectivity index (χ0v) is 8.75. The zero-order chi connectivity index (χ0) is 10.8. The molecule has 1 aliphatic heterocycles. The predicted octanol–water partition coefficient (Wildman–Crippen LogP) is 2.20. The summed E-state index contributed by atoms with van der Waals surface area (Å²) in [4.78, 5) is 22.5. The van der Waals surface area contributed by atoms with Crippen LogP contribution in [0.15, 0.2) is 23.1 Å². The van der Waals surface area contributed by atoms with Gasteiger partial charge in [-0.1, -0.05) is 0 Å². The number of carbonyl (C=O) groups excluding carboxylic acids is 1. The van der Waals surface area contributed by atoms with Gasteiger partial charge in [0.15, 0.2) is 0 Å². The quantitative estimate of drug-likeness (QED) is 0.541. The maximum Gasteiger partial charge on any atom is 0.269 e. The Hall–Kier alpha value is -1.36. The molecule has 1 aliphatic rings. The molecule has 0 aromatic heterocycles. The van der Waals surface area contributed by atoms with Crippen molar-refractivity contribution in [2.75, 3.05) is 5.75 Å². The molecule has 0 fully saturated rings. The number of carbonyl (C=O) groups is 1. The first-order chi connectivity index (χ1) is 7.16. The Kier molecular flexibility index (Phi) is 2.73. The van der Waals surface area contributed by atoms with Gasteiger partial charge >= 0.3 is 0 Å². The van der Waals surface area contributed by atoms with Crippen LogP contribution in [0.5, 0.6) is 0 Å². The van der Waals surface area contributed by atoms with Crippen molar-refractivity contribution in [2.24, 2.45) is 0 Å². The summed E-state index contributed by atoms with van der Waals surface area (Å²) in [6.45, 7) is 0. The number of thioether (sulfide) groups is 1. The molecular formula is C10H9NO3S. The summed E-state index contributed by atoms with van der Waals surface area (Å²) in [5.74, 6) is 0.922. The molecule has 0 unspecified atom stereocenters. The number of non-ortho nitro benzene ring substituents is 1. The lowest BCUT2D eigenvalue weighted by molar-refractivity contribution is -0.385. The van der Waals surface area contributed by atoms with Gasteiger partial charge in [-0.05, 0) is 11.6 Å². The average molecular weight is 223 g/mol. The smallest absolute Gasteiger partial charge is 0.269 e. The molecule has 1 aromatic rings. The van der Waals surface area contributed by atoms with E-state index in [4.69, 9.17) is 0 Å². The SMILES string of the molecule is O=C1CCSc2ccc([N+](=O)[O-])cc2C1. The van der Waals surface area contributed by atoms with Gasteiger partial charge in [-0.25, -0.2) is 0 Å². The number of benzene rings is 1. The molecule has 0 radical (unpaired) electrons. The van der Waals surface area contributed by atoms with Crippen LogP contribution in [0.4, 0.5) is 5.69 Å². The van der Waals surface area contributed by atoms with Gasteiger partial charge < -0.3 is 0 Å². The molecule has 0 spiro atoms. The number of hydrogen-bond donors (Lipinski definition) is 0. The van der Waals surface area contributed by atoms with Gasteiger partial charge in [-0.15, -0.1) is 11.8 Å². The van der Waals surface area contributed by atoms with Crippen LogP contribution in [0, 0.1) is 10.1 Å². The van der Waals surface area contributed by atoms with Crippen molar-refractivity contribution in [3.8, 4) is 0 Å². The molecule has 1 heterocycles. The minimum Gasteiger partial charge on any atom is -0.299 e. The van der Waals surface area contributed by atoms with Crippen molar-refractivity contribution in [3.05, 3.63) is 33.9 Å². The molecule has 78 valence electrons. The summed E-state index contributed by atoms with van der Waals surface area (Å²) >= 11 is 1.59. The number of nitro benzene ring substituents is 1. The number of nitro groups is 1. The first-order valence-electron chi connectivity index (χ1n) is 4.58. The molecule has 0 N–H and O–H groups in total. The van der Waals surface area contributed by atoms with Gasteiger partial charge in [0, 0.05) is 35.6 Å². The van der Waals surface area contributed by atoms with Gasteiger partial charge in [0.25, 0.3) is 5.69 Å². The Labute approximate surface area is 90.8 Å². The van der Waals surface area contributed by atoms with Gasteiger partial charge in [0.05, 0.1) is 4.92 Å². The second kappa shape index (κ2) is 4.02. The van der Waals surface area contributed by atoms with E-state index in [2.05, 4.69) is 0 Å². The Morgan fingerprint density at radius 2 is 2.20 bits per heavy atom. The second-order valence-electron chi connectivity index (χ2n) is 3.36. The predicted molar refractivity (Wildman–Crippen MR) is 57.1 cm³/mol. The second-order valence-corrected chi connectivity index (χ2v) is 4.50. The number of hydrogen-bond acceptors (Lipinski definition) is 4. The van der Waals surface area contributed by atoms with Crippen LogP contribution in [0.1, 0.15) is 12.0 Å². The Bertz CT molecular complexity index is 431. The summed E-state index contributed by atoms with van der Waals surface area (Å²) in [7, 11) is 0. The normalized spacial score (nSPS) is 15.6. The van der Waals surface area contributed by atoms with Crippen LogP contribution in [0.25, 0.3) is 0 Å². The molecule has 0 amide bonds. The number of rotatable bonds is 1. The van der Waals surface area contributed by atoms with E-state index < -0.39 is 4.92 Å². The van der Waals surface area contributed by atoms with Crippen LogP contribution in [0.2, 0.25) is 0 Å². The zero-order valence-electron chi connectivity index (χ0n) is 7.93. The summed E-state index contributed by atoms with van der Waals surface area (Å²) in [5, 5.41) is 10.6. The molecule has 2 rings (SSSR count). The summed E-state index contributed by atoms with van der Waals surface area (Å²) in [5.41, 5.74) is 0.848. The molecule has 0 bridgehead atoms. The molecule has 0 saturated heterocycles. The van der Waals surface area contributed by atoms with E-state index in [-0.39, 0.29) is 11.5 Å². The molecule has 0 atom stereocenters. The van der Waals surface area contributed by atoms with Crippen molar-refractivity contribution in [1.82, 2.24) is 0 Å². The standard InChI is InChI=1S/C10H9NO3S/c12-9-3-4-15-10-2-1-8(11(13)14)5-7(10)6-9/h1-2,5H,3-4,6H2. The number of ketones is 1. The van der Waals surface area contributed by atoms with Gasteiger partial charge in [0.1, 0.15) is 5.78 Å². The van der Waals surface area contributed by atoms with Crippen molar-refractivity contribution in [1.29, 1.82) is 0 Å². The number of fused-ring (bicyclic) bond motifs is 1. The van der Waals surface area contributed by atoms with Gasteiger partial charge in [0.2, 0.25) is 0 Å². The molecule has 5 heteroatoms. The number of Topliss-reactive ketones (excluding diaryl/α,β-unsaturated/α-hetero) is 1. The summed E-state index contributed by atoms with van der Waals surface area (Å²) in [6, 6.07) is 4.73. The van der Waals surface area contributed by atoms with E-state index in [1.807, 2.05) is 0 Å². The van der Waals surface area contributed by atoms with Crippen LogP contribution >= 0.6 is 11.8 Å². The first-order valence-corrected chi connectivity index (χ1v) is 5.57. The lowest BCUT2D eigenvalue weighted by Gasteiger charge is -2.02. The Morgan fingerprint density at radius 3 is 2.93 bits per heavy atom. The minimum absolute atomic E-state index is 0.0593. The molecule has 0 saturated carbocycles. The van der Waals surface area contributed by atoms with Crippen molar-refractivity contribution < 1.29 is 9.72 Å². The van der Waals surface area contributed by atoms with Crippen LogP contribution < -0.4 is 0 Å². The van der Waals surface area contributed by atoms with E-state index in [1.54, 1.807) is 17.8 Å². The monoisotopic (exact) mass is 223 g/mol. The highest BCUT2D eigenvalue weighted by Crippen LogP contribution is 2.30. The maximum atomic E-state index is 11.3. The van der Waals surface area contributed by atoms with E-state index in [0.29, 0.717) is 12.8 Å². The topological polar surface area (TPSA) is 60.2 Å². The van der Waals surface area contributed by atoms with Gasteiger partial charge in [-0.2, -0.15) is 0 Å². The van der Waals surface area contributed by atoms with Crippen molar-refractivity contribution in [3.63, 3.8) is 0 Å². The van der Waals surface area contributed by atoms with Crippen molar-refractivity contribution >= 4 is 23.2 Å². The Balaban J connectivity index is 2.41. The first kappa shape index (κ1) is 10.2. The fourth-order valence-corrected chi connectivity index (χ4v) is 2.56. The van der Waals surface area contributed by atoms with E-state index >= 15 is 0 Å². The van der Waals surface area contributed by atoms with E-state index in [9.17, 15) is 14.9 Å². The molecule has 15 heavy (non-hydrogen) atoms. The van der Waals surface area contributed by atoms with Gasteiger partial charge in [-0.3, -0.25) is 14.9 Å². The Morgan fingerprint density at radius 1 is 1.40 bits per heavy atom. The largest absolute Gasteiger partial charge is 0.299 e. The summed E-state index contributed by atoms with van der Waals surface area (Å²) in [6.07, 6.45) is 0.872. The fraction of sp³-hybridized carbons (Fsp3) is 0.300. The third-order valence-electron chi connectivity index (χ3n) is 2.28. The minimum atomic E-state index is -0.430. The molecular weight excluding hydrogens is 214 g/mol. The fourth-order valence-electron chi connectivity index (χ4n) is 1.53. The lowest BCUT2D eigenvalue weighted by Crippen LogP contribution is -2.01. The highest BCUT2D eigenvalue weighted by molar-refractivity contribution is 7.99. The highest BCUT2D eigenvalue weighted by Gasteiger charge is 2.17.